The molecule has 4 nitrogen and oxygen atoms in total. The van der Waals surface area contributed by atoms with Crippen LogP contribution in [0.3, 0.4) is 0 Å². The van der Waals surface area contributed by atoms with Crippen molar-refractivity contribution in [2.75, 3.05) is 18.1 Å². The molecule has 0 bridgehead atoms. The molecule has 88 valence electrons. The number of aliphatic hydroxyl groups is 1. The van der Waals surface area contributed by atoms with Crippen LogP contribution in [0.5, 0.6) is 0 Å². The lowest BCUT2D eigenvalue weighted by atomic mass is 10.1. The lowest BCUT2D eigenvalue weighted by Crippen LogP contribution is -2.20. The number of sulfone groups is 1. The van der Waals surface area contributed by atoms with E-state index in [1.807, 2.05) is 0 Å². The largest absolute Gasteiger partial charge is 0.395 e. The standard InChI is InChI=1S/C10H11FO4S/c11-9-3-1-8(2-4-9)10(13)7-16(14,15)6-5-12/h1-4,12H,5-7H2. The molecule has 0 heterocycles. The van der Waals surface area contributed by atoms with Gasteiger partial charge in [0, 0.05) is 5.56 Å². The zero-order chi connectivity index (χ0) is 12.2. The number of hydrogen-bond acceptors (Lipinski definition) is 4. The van der Waals surface area contributed by atoms with Crippen LogP contribution in [-0.2, 0) is 9.84 Å². The quantitative estimate of drug-likeness (QED) is 0.764. The van der Waals surface area contributed by atoms with E-state index in [4.69, 9.17) is 5.11 Å². The molecule has 0 unspecified atom stereocenters. The maximum atomic E-state index is 12.5. The summed E-state index contributed by atoms with van der Waals surface area (Å²) in [5, 5.41) is 8.48. The Hall–Kier alpha value is -1.27. The molecule has 0 aliphatic heterocycles. The summed E-state index contributed by atoms with van der Waals surface area (Å²) in [7, 11) is -3.58. The summed E-state index contributed by atoms with van der Waals surface area (Å²) in [6.07, 6.45) is 0. The number of carbonyl (C=O) groups excluding carboxylic acids is 1. The van der Waals surface area contributed by atoms with Gasteiger partial charge in [0.05, 0.1) is 12.4 Å². The molecule has 0 fully saturated rings. The van der Waals surface area contributed by atoms with Gasteiger partial charge in [-0.15, -0.1) is 0 Å². The molecular weight excluding hydrogens is 235 g/mol. The summed E-state index contributed by atoms with van der Waals surface area (Å²) < 4.78 is 35.0. The highest BCUT2D eigenvalue weighted by Gasteiger charge is 2.17. The number of carbonyl (C=O) groups is 1. The van der Waals surface area contributed by atoms with Gasteiger partial charge in [0.15, 0.2) is 15.6 Å². The van der Waals surface area contributed by atoms with Crippen molar-refractivity contribution in [2.24, 2.45) is 0 Å². The van der Waals surface area contributed by atoms with E-state index in [0.29, 0.717) is 0 Å². The number of aliphatic hydroxyl groups excluding tert-OH is 1. The average molecular weight is 246 g/mol. The van der Waals surface area contributed by atoms with E-state index in [0.717, 1.165) is 12.1 Å². The SMILES string of the molecule is O=C(CS(=O)(=O)CCO)c1ccc(F)cc1. The summed E-state index contributed by atoms with van der Waals surface area (Å²) in [5.74, 6) is -2.21. The molecule has 1 N–H and O–H groups in total. The van der Waals surface area contributed by atoms with Crippen molar-refractivity contribution in [2.45, 2.75) is 0 Å². The number of Topliss-reactive ketones (excluding diaryl/α,β-unsaturated/α-hetero) is 1. The zero-order valence-corrected chi connectivity index (χ0v) is 9.21. The van der Waals surface area contributed by atoms with Crippen molar-refractivity contribution in [3.63, 3.8) is 0 Å². The van der Waals surface area contributed by atoms with Crippen LogP contribution >= 0.6 is 0 Å². The number of hydrogen-bond donors (Lipinski definition) is 1. The van der Waals surface area contributed by atoms with Gasteiger partial charge in [-0.3, -0.25) is 4.79 Å². The highest BCUT2D eigenvalue weighted by atomic mass is 32.2. The van der Waals surface area contributed by atoms with Gasteiger partial charge in [-0.25, -0.2) is 12.8 Å². The molecule has 1 aromatic rings. The molecule has 0 aliphatic carbocycles. The fourth-order valence-corrected chi connectivity index (χ4v) is 2.12. The van der Waals surface area contributed by atoms with Crippen molar-refractivity contribution in [3.8, 4) is 0 Å². The minimum absolute atomic E-state index is 0.142. The third-order valence-electron chi connectivity index (χ3n) is 1.92. The smallest absolute Gasteiger partial charge is 0.177 e. The monoisotopic (exact) mass is 246 g/mol. The van der Waals surface area contributed by atoms with E-state index in [-0.39, 0.29) is 5.56 Å². The highest BCUT2D eigenvalue weighted by molar-refractivity contribution is 7.92. The van der Waals surface area contributed by atoms with E-state index in [1.165, 1.54) is 12.1 Å². The molecule has 0 aliphatic rings. The molecule has 0 saturated carbocycles. The Morgan fingerprint density at radius 1 is 1.25 bits per heavy atom. The number of halogens is 1. The van der Waals surface area contributed by atoms with Gasteiger partial charge < -0.3 is 5.11 Å². The normalized spacial score (nSPS) is 11.4. The molecule has 0 saturated heterocycles. The van der Waals surface area contributed by atoms with Crippen LogP contribution in [0.15, 0.2) is 24.3 Å². The van der Waals surface area contributed by atoms with Crippen molar-refractivity contribution in [1.82, 2.24) is 0 Å². The number of ketones is 1. The van der Waals surface area contributed by atoms with Gasteiger partial charge in [-0.1, -0.05) is 0 Å². The Kier molecular flexibility index (Phi) is 4.14. The molecular formula is C10H11FO4S. The molecule has 0 aromatic heterocycles. The van der Waals surface area contributed by atoms with Crippen LogP contribution in [0.25, 0.3) is 0 Å². The summed E-state index contributed by atoms with van der Waals surface area (Å²) in [4.78, 5) is 11.5. The Morgan fingerprint density at radius 2 is 1.81 bits per heavy atom. The van der Waals surface area contributed by atoms with Crippen molar-refractivity contribution < 1.29 is 22.7 Å². The first-order chi connectivity index (χ1) is 7.44. The van der Waals surface area contributed by atoms with Crippen molar-refractivity contribution >= 4 is 15.6 Å². The summed E-state index contributed by atoms with van der Waals surface area (Å²) >= 11 is 0. The average Bonchev–Trinajstić information content (AvgIpc) is 2.17. The summed E-state index contributed by atoms with van der Waals surface area (Å²) in [6.45, 7) is -0.515. The van der Waals surface area contributed by atoms with Crippen LogP contribution in [0, 0.1) is 5.82 Å². The van der Waals surface area contributed by atoms with Crippen molar-refractivity contribution in [1.29, 1.82) is 0 Å². The van der Waals surface area contributed by atoms with Gasteiger partial charge >= 0.3 is 0 Å². The van der Waals surface area contributed by atoms with E-state index in [1.54, 1.807) is 0 Å². The van der Waals surface area contributed by atoms with E-state index >= 15 is 0 Å². The third-order valence-corrected chi connectivity index (χ3v) is 3.43. The molecule has 0 spiro atoms. The Morgan fingerprint density at radius 3 is 2.31 bits per heavy atom. The van der Waals surface area contributed by atoms with Gasteiger partial charge in [0.1, 0.15) is 11.6 Å². The maximum absolute atomic E-state index is 12.5. The molecule has 1 aromatic carbocycles. The Balaban J connectivity index is 2.77. The third kappa shape index (κ3) is 3.71. The Bertz CT molecular complexity index is 464. The molecule has 0 radical (unpaired) electrons. The second-order valence-corrected chi connectivity index (χ2v) is 5.43. The fraction of sp³-hybridized carbons (Fsp3) is 0.300. The first-order valence-corrected chi connectivity index (χ1v) is 6.37. The zero-order valence-electron chi connectivity index (χ0n) is 8.39. The van der Waals surface area contributed by atoms with E-state index < -0.39 is 39.6 Å². The molecule has 16 heavy (non-hydrogen) atoms. The Labute approximate surface area is 92.6 Å². The van der Waals surface area contributed by atoms with Gasteiger partial charge in [-0.2, -0.15) is 0 Å². The first kappa shape index (κ1) is 12.8. The van der Waals surface area contributed by atoms with Crippen LogP contribution in [0.1, 0.15) is 10.4 Å². The second-order valence-electron chi connectivity index (χ2n) is 3.25. The van der Waals surface area contributed by atoms with E-state index in [9.17, 15) is 17.6 Å². The maximum Gasteiger partial charge on any atom is 0.177 e. The fourth-order valence-electron chi connectivity index (χ4n) is 1.13. The van der Waals surface area contributed by atoms with Crippen LogP contribution in [-0.4, -0.2) is 37.4 Å². The van der Waals surface area contributed by atoms with E-state index in [2.05, 4.69) is 0 Å². The minimum Gasteiger partial charge on any atom is -0.395 e. The van der Waals surface area contributed by atoms with Crippen molar-refractivity contribution in [3.05, 3.63) is 35.6 Å². The summed E-state index contributed by atoms with van der Waals surface area (Å²) in [6, 6.07) is 4.63. The van der Waals surface area contributed by atoms with Gasteiger partial charge in [0.2, 0.25) is 0 Å². The number of rotatable bonds is 5. The lowest BCUT2D eigenvalue weighted by molar-refractivity contribution is 0.102. The molecule has 0 amide bonds. The predicted molar refractivity (Wildman–Crippen MR) is 56.5 cm³/mol. The van der Waals surface area contributed by atoms with Gasteiger partial charge in [-0.05, 0) is 24.3 Å². The predicted octanol–water partition coefficient (Wildman–Crippen LogP) is 0.416. The minimum atomic E-state index is -3.58. The first-order valence-electron chi connectivity index (χ1n) is 4.54. The molecule has 1 rings (SSSR count). The highest BCUT2D eigenvalue weighted by Crippen LogP contribution is 2.05. The lowest BCUT2D eigenvalue weighted by Gasteiger charge is -2.02. The van der Waals surface area contributed by atoms with Crippen LogP contribution in [0.4, 0.5) is 4.39 Å². The van der Waals surface area contributed by atoms with Crippen LogP contribution < -0.4 is 0 Å². The van der Waals surface area contributed by atoms with Gasteiger partial charge in [0.25, 0.3) is 0 Å². The number of benzene rings is 1. The topological polar surface area (TPSA) is 71.4 Å². The van der Waals surface area contributed by atoms with Crippen LogP contribution in [0.2, 0.25) is 0 Å². The second kappa shape index (κ2) is 5.18. The molecule has 6 heteroatoms. The molecule has 0 atom stereocenters. The summed E-state index contributed by atoms with van der Waals surface area (Å²) in [5.41, 5.74) is 0.142.